The van der Waals surface area contributed by atoms with Gasteiger partial charge in [0.2, 0.25) is 5.88 Å². The first-order chi connectivity index (χ1) is 7.65. The molecule has 5 heteroatoms. The topological polar surface area (TPSA) is 61.0 Å². The van der Waals surface area contributed by atoms with Gasteiger partial charge in [-0.25, -0.2) is 14.4 Å². The summed E-state index contributed by atoms with van der Waals surface area (Å²) in [7, 11) is 0. The SMILES string of the molecule is Cc1cc(Oc2cc(N)ncn2)ccc1F. The van der Waals surface area contributed by atoms with Crippen molar-refractivity contribution in [2.75, 3.05) is 5.73 Å². The van der Waals surface area contributed by atoms with E-state index in [1.807, 2.05) is 0 Å². The van der Waals surface area contributed by atoms with Gasteiger partial charge in [0.05, 0.1) is 0 Å². The van der Waals surface area contributed by atoms with E-state index in [9.17, 15) is 4.39 Å². The van der Waals surface area contributed by atoms with E-state index in [2.05, 4.69) is 9.97 Å². The zero-order valence-corrected chi connectivity index (χ0v) is 8.64. The minimum atomic E-state index is -0.269. The van der Waals surface area contributed by atoms with Crippen molar-refractivity contribution in [1.82, 2.24) is 9.97 Å². The number of anilines is 1. The summed E-state index contributed by atoms with van der Waals surface area (Å²) < 4.78 is 18.4. The molecule has 0 aliphatic carbocycles. The first kappa shape index (κ1) is 10.4. The van der Waals surface area contributed by atoms with Crippen LogP contribution in [-0.4, -0.2) is 9.97 Å². The number of hydrogen-bond acceptors (Lipinski definition) is 4. The highest BCUT2D eigenvalue weighted by Crippen LogP contribution is 2.22. The molecule has 0 aliphatic heterocycles. The van der Waals surface area contributed by atoms with Crippen molar-refractivity contribution in [1.29, 1.82) is 0 Å². The molecular formula is C11H10FN3O. The fraction of sp³-hybridized carbons (Fsp3) is 0.0909. The van der Waals surface area contributed by atoms with Crippen LogP contribution in [0, 0.1) is 12.7 Å². The molecule has 0 bridgehead atoms. The summed E-state index contributed by atoms with van der Waals surface area (Å²) in [5, 5.41) is 0. The predicted molar refractivity (Wildman–Crippen MR) is 57.7 cm³/mol. The average molecular weight is 219 g/mol. The maximum absolute atomic E-state index is 13.0. The Labute approximate surface area is 91.9 Å². The molecule has 0 spiro atoms. The van der Waals surface area contributed by atoms with Gasteiger partial charge in [-0.15, -0.1) is 0 Å². The minimum absolute atomic E-state index is 0.269. The molecule has 0 amide bonds. The first-order valence-electron chi connectivity index (χ1n) is 4.66. The lowest BCUT2D eigenvalue weighted by Crippen LogP contribution is -1.94. The molecule has 4 nitrogen and oxygen atoms in total. The standard InChI is InChI=1S/C11H10FN3O/c1-7-4-8(2-3-9(7)12)16-11-5-10(13)14-6-15-11/h2-6H,1H3,(H2,13,14,15). The highest BCUT2D eigenvalue weighted by Gasteiger charge is 2.02. The van der Waals surface area contributed by atoms with Crippen molar-refractivity contribution in [2.24, 2.45) is 0 Å². The van der Waals surface area contributed by atoms with Gasteiger partial charge in [0.1, 0.15) is 23.7 Å². The summed E-state index contributed by atoms with van der Waals surface area (Å²) in [6, 6.07) is 5.96. The predicted octanol–water partition coefficient (Wildman–Crippen LogP) is 2.30. The van der Waals surface area contributed by atoms with Crippen molar-refractivity contribution in [3.05, 3.63) is 42.0 Å². The second-order valence-electron chi connectivity index (χ2n) is 3.29. The van der Waals surface area contributed by atoms with Gasteiger partial charge in [-0.1, -0.05) is 0 Å². The Morgan fingerprint density at radius 3 is 2.75 bits per heavy atom. The van der Waals surface area contributed by atoms with Gasteiger partial charge in [-0.2, -0.15) is 0 Å². The van der Waals surface area contributed by atoms with Gasteiger partial charge in [0, 0.05) is 6.07 Å². The van der Waals surface area contributed by atoms with E-state index >= 15 is 0 Å². The van der Waals surface area contributed by atoms with Crippen LogP contribution in [0.3, 0.4) is 0 Å². The Balaban J connectivity index is 2.24. The van der Waals surface area contributed by atoms with Crippen LogP contribution < -0.4 is 10.5 Å². The summed E-state index contributed by atoms with van der Waals surface area (Å²) in [6.07, 6.45) is 1.31. The largest absolute Gasteiger partial charge is 0.439 e. The molecule has 2 aromatic rings. The molecule has 2 N–H and O–H groups in total. The maximum atomic E-state index is 13.0. The van der Waals surface area contributed by atoms with Crippen LogP contribution in [0.4, 0.5) is 10.2 Å². The van der Waals surface area contributed by atoms with Crippen molar-refractivity contribution in [2.45, 2.75) is 6.92 Å². The number of ether oxygens (including phenoxy) is 1. The van der Waals surface area contributed by atoms with Crippen molar-refractivity contribution >= 4 is 5.82 Å². The third-order valence-corrected chi connectivity index (χ3v) is 2.01. The summed E-state index contributed by atoms with van der Waals surface area (Å²) in [6.45, 7) is 1.66. The fourth-order valence-corrected chi connectivity index (χ4v) is 1.21. The van der Waals surface area contributed by atoms with E-state index < -0.39 is 0 Å². The normalized spacial score (nSPS) is 10.1. The maximum Gasteiger partial charge on any atom is 0.224 e. The second kappa shape index (κ2) is 4.14. The molecule has 0 atom stereocenters. The zero-order valence-electron chi connectivity index (χ0n) is 8.64. The van der Waals surface area contributed by atoms with Crippen LogP contribution in [0.2, 0.25) is 0 Å². The van der Waals surface area contributed by atoms with E-state index in [4.69, 9.17) is 10.5 Å². The number of aryl methyl sites for hydroxylation is 1. The molecule has 0 saturated carbocycles. The van der Waals surface area contributed by atoms with E-state index in [0.717, 1.165) is 0 Å². The molecule has 16 heavy (non-hydrogen) atoms. The zero-order chi connectivity index (χ0) is 11.5. The molecular weight excluding hydrogens is 209 g/mol. The Hall–Kier alpha value is -2.17. The van der Waals surface area contributed by atoms with E-state index in [1.165, 1.54) is 24.5 Å². The number of benzene rings is 1. The van der Waals surface area contributed by atoms with Gasteiger partial charge in [0.15, 0.2) is 0 Å². The number of nitrogens with zero attached hydrogens (tertiary/aromatic N) is 2. The van der Waals surface area contributed by atoms with Crippen molar-refractivity contribution < 1.29 is 9.13 Å². The molecule has 0 unspecified atom stereocenters. The summed E-state index contributed by atoms with van der Waals surface area (Å²) in [5.74, 6) is 0.897. The van der Waals surface area contributed by atoms with E-state index in [-0.39, 0.29) is 5.82 Å². The number of aromatic nitrogens is 2. The smallest absolute Gasteiger partial charge is 0.224 e. The van der Waals surface area contributed by atoms with Gasteiger partial charge >= 0.3 is 0 Å². The number of rotatable bonds is 2. The van der Waals surface area contributed by atoms with Crippen LogP contribution >= 0.6 is 0 Å². The Kier molecular flexibility index (Phi) is 2.68. The summed E-state index contributed by atoms with van der Waals surface area (Å²) in [4.78, 5) is 7.62. The number of nitrogens with two attached hydrogens (primary N) is 1. The summed E-state index contributed by atoms with van der Waals surface area (Å²) in [5.41, 5.74) is 5.99. The lowest BCUT2D eigenvalue weighted by Gasteiger charge is -2.05. The van der Waals surface area contributed by atoms with Crippen LogP contribution in [0.25, 0.3) is 0 Å². The van der Waals surface area contributed by atoms with Crippen LogP contribution in [-0.2, 0) is 0 Å². The van der Waals surface area contributed by atoms with E-state index in [0.29, 0.717) is 23.0 Å². The van der Waals surface area contributed by atoms with Gasteiger partial charge < -0.3 is 10.5 Å². The molecule has 1 heterocycles. The molecule has 0 radical (unpaired) electrons. The molecule has 82 valence electrons. The molecule has 0 aliphatic rings. The fourth-order valence-electron chi connectivity index (χ4n) is 1.21. The van der Waals surface area contributed by atoms with Crippen LogP contribution in [0.15, 0.2) is 30.6 Å². The number of nitrogen functional groups attached to an aromatic ring is 1. The molecule has 1 aromatic heterocycles. The highest BCUT2D eigenvalue weighted by atomic mass is 19.1. The van der Waals surface area contributed by atoms with Crippen LogP contribution in [0.5, 0.6) is 11.6 Å². The molecule has 0 fully saturated rings. The number of halogens is 1. The van der Waals surface area contributed by atoms with Gasteiger partial charge in [-0.05, 0) is 30.7 Å². The Morgan fingerprint density at radius 2 is 2.06 bits per heavy atom. The molecule has 2 rings (SSSR count). The second-order valence-corrected chi connectivity index (χ2v) is 3.29. The third-order valence-electron chi connectivity index (χ3n) is 2.01. The van der Waals surface area contributed by atoms with Gasteiger partial charge in [0.25, 0.3) is 0 Å². The highest BCUT2D eigenvalue weighted by molar-refractivity contribution is 5.35. The van der Waals surface area contributed by atoms with Crippen molar-refractivity contribution in [3.8, 4) is 11.6 Å². The lowest BCUT2D eigenvalue weighted by atomic mass is 10.2. The average Bonchev–Trinajstić information content (AvgIpc) is 2.24. The Morgan fingerprint density at radius 1 is 1.25 bits per heavy atom. The first-order valence-corrected chi connectivity index (χ1v) is 4.66. The Bertz CT molecular complexity index is 516. The monoisotopic (exact) mass is 219 g/mol. The van der Waals surface area contributed by atoms with Crippen LogP contribution in [0.1, 0.15) is 5.56 Å². The van der Waals surface area contributed by atoms with E-state index in [1.54, 1.807) is 13.0 Å². The van der Waals surface area contributed by atoms with Gasteiger partial charge in [-0.3, -0.25) is 0 Å². The quantitative estimate of drug-likeness (QED) is 0.841. The number of hydrogen-bond donors (Lipinski definition) is 1. The third kappa shape index (κ3) is 2.25. The minimum Gasteiger partial charge on any atom is -0.439 e. The van der Waals surface area contributed by atoms with Crippen molar-refractivity contribution in [3.63, 3.8) is 0 Å². The molecule has 1 aromatic carbocycles. The summed E-state index contributed by atoms with van der Waals surface area (Å²) >= 11 is 0. The molecule has 0 saturated heterocycles. The lowest BCUT2D eigenvalue weighted by molar-refractivity contribution is 0.459.